The molecule has 106 valence electrons. The second-order valence-electron chi connectivity index (χ2n) is 4.78. The molecule has 0 amide bonds. The van der Waals surface area contributed by atoms with Crippen molar-refractivity contribution in [2.45, 2.75) is 12.3 Å². The van der Waals surface area contributed by atoms with Gasteiger partial charge in [0.25, 0.3) is 0 Å². The molecule has 21 heavy (non-hydrogen) atoms. The van der Waals surface area contributed by atoms with Crippen LogP contribution in [0.5, 0.6) is 0 Å². The van der Waals surface area contributed by atoms with E-state index in [1.54, 1.807) is 0 Å². The molecule has 0 aliphatic rings. The molecule has 0 spiro atoms. The number of aromatic nitrogens is 1. The zero-order chi connectivity index (χ0) is 14.8. The summed E-state index contributed by atoms with van der Waals surface area (Å²) >= 11 is 1.38. The summed E-state index contributed by atoms with van der Waals surface area (Å²) in [6.07, 6.45) is 2.58. The Bertz CT molecular complexity index is 803. The van der Waals surface area contributed by atoms with Gasteiger partial charge in [-0.15, -0.1) is 11.3 Å². The molecule has 1 aromatic carbocycles. The Morgan fingerprint density at radius 3 is 2.95 bits per heavy atom. The van der Waals surface area contributed by atoms with E-state index in [0.717, 1.165) is 22.0 Å². The molecule has 3 aromatic rings. The molecule has 0 aliphatic carbocycles. The molecule has 2 N–H and O–H groups in total. The Kier molecular flexibility index (Phi) is 3.58. The number of para-hydroxylation sites is 1. The number of fused-ring (bicyclic) bond motifs is 1. The number of carbonyl (C=O) groups excluding carboxylic acids is 1. The molecule has 2 heterocycles. The maximum Gasteiger partial charge on any atom is 0.312 e. The summed E-state index contributed by atoms with van der Waals surface area (Å²) in [7, 11) is 0. The van der Waals surface area contributed by atoms with Crippen LogP contribution >= 0.6 is 11.3 Å². The van der Waals surface area contributed by atoms with Crippen LogP contribution in [0.15, 0.2) is 41.9 Å². The van der Waals surface area contributed by atoms with Crippen LogP contribution in [-0.2, 0) is 9.59 Å². The van der Waals surface area contributed by atoms with E-state index in [9.17, 15) is 14.7 Å². The van der Waals surface area contributed by atoms with Crippen molar-refractivity contribution in [1.29, 1.82) is 0 Å². The number of benzene rings is 1. The van der Waals surface area contributed by atoms with Gasteiger partial charge in [0.1, 0.15) is 6.29 Å². The highest BCUT2D eigenvalue weighted by atomic mass is 32.1. The molecule has 4 nitrogen and oxygen atoms in total. The Balaban J connectivity index is 2.01. The molecular weight excluding hydrogens is 286 g/mol. The Hall–Kier alpha value is -2.40. The van der Waals surface area contributed by atoms with Gasteiger partial charge in [0.15, 0.2) is 0 Å². The van der Waals surface area contributed by atoms with E-state index in [0.29, 0.717) is 11.2 Å². The Morgan fingerprint density at radius 2 is 2.19 bits per heavy atom. The van der Waals surface area contributed by atoms with E-state index in [2.05, 4.69) is 4.98 Å². The number of rotatable bonds is 5. The topological polar surface area (TPSA) is 70.2 Å². The smallest absolute Gasteiger partial charge is 0.312 e. The van der Waals surface area contributed by atoms with Crippen LogP contribution in [0.4, 0.5) is 0 Å². The third kappa shape index (κ3) is 2.48. The van der Waals surface area contributed by atoms with Crippen molar-refractivity contribution in [2.24, 2.45) is 0 Å². The highest BCUT2D eigenvalue weighted by molar-refractivity contribution is 7.10. The molecule has 0 bridgehead atoms. The number of aromatic amines is 1. The van der Waals surface area contributed by atoms with Crippen LogP contribution in [0, 0.1) is 0 Å². The van der Waals surface area contributed by atoms with Crippen LogP contribution < -0.4 is 0 Å². The van der Waals surface area contributed by atoms with Crippen molar-refractivity contribution in [3.63, 3.8) is 0 Å². The lowest BCUT2D eigenvalue weighted by Crippen LogP contribution is -2.10. The molecule has 1 atom stereocenters. The summed E-state index contributed by atoms with van der Waals surface area (Å²) in [6.45, 7) is 0. The average molecular weight is 299 g/mol. The van der Waals surface area contributed by atoms with Gasteiger partial charge in [0.2, 0.25) is 0 Å². The predicted molar refractivity (Wildman–Crippen MR) is 82.7 cm³/mol. The minimum atomic E-state index is -0.963. The number of carboxylic acids is 1. The lowest BCUT2D eigenvalue weighted by molar-refractivity contribution is -0.139. The SMILES string of the molecule is O=CCC(C(=O)O)c1cc(-c2c[nH]c3ccccc23)cs1. The zero-order valence-corrected chi connectivity index (χ0v) is 11.9. The second-order valence-corrected chi connectivity index (χ2v) is 5.72. The molecule has 0 aliphatic heterocycles. The van der Waals surface area contributed by atoms with E-state index in [-0.39, 0.29) is 6.42 Å². The summed E-state index contributed by atoms with van der Waals surface area (Å²) in [5.41, 5.74) is 3.07. The van der Waals surface area contributed by atoms with Gasteiger partial charge in [0, 0.05) is 34.0 Å². The quantitative estimate of drug-likeness (QED) is 0.706. The summed E-state index contributed by atoms with van der Waals surface area (Å²) in [5.74, 6) is -1.72. The first kappa shape index (κ1) is 13.6. The molecule has 2 aromatic heterocycles. The summed E-state index contributed by atoms with van der Waals surface area (Å²) in [4.78, 5) is 25.8. The first-order valence-corrected chi connectivity index (χ1v) is 7.40. The van der Waals surface area contributed by atoms with Crippen molar-refractivity contribution < 1.29 is 14.7 Å². The van der Waals surface area contributed by atoms with Gasteiger partial charge in [0.05, 0.1) is 5.92 Å². The van der Waals surface area contributed by atoms with E-state index < -0.39 is 11.9 Å². The first-order valence-electron chi connectivity index (χ1n) is 6.52. The largest absolute Gasteiger partial charge is 0.481 e. The monoisotopic (exact) mass is 299 g/mol. The zero-order valence-electron chi connectivity index (χ0n) is 11.1. The molecule has 0 fully saturated rings. The summed E-state index contributed by atoms with van der Waals surface area (Å²) < 4.78 is 0. The van der Waals surface area contributed by atoms with Crippen LogP contribution in [0.25, 0.3) is 22.0 Å². The molecule has 0 radical (unpaired) electrons. The van der Waals surface area contributed by atoms with Crippen molar-refractivity contribution in [3.8, 4) is 11.1 Å². The third-order valence-electron chi connectivity index (χ3n) is 3.49. The van der Waals surface area contributed by atoms with Crippen molar-refractivity contribution >= 4 is 34.5 Å². The van der Waals surface area contributed by atoms with Crippen LogP contribution in [0.2, 0.25) is 0 Å². The Labute approximate surface area is 125 Å². The number of aliphatic carboxylic acids is 1. The first-order chi connectivity index (χ1) is 10.2. The van der Waals surface area contributed by atoms with Crippen LogP contribution in [-0.4, -0.2) is 22.3 Å². The number of H-pyrrole nitrogens is 1. The van der Waals surface area contributed by atoms with Crippen molar-refractivity contribution in [3.05, 3.63) is 46.8 Å². The predicted octanol–water partition coefficient (Wildman–Crippen LogP) is 3.65. The molecule has 0 saturated carbocycles. The normalized spacial score (nSPS) is 12.4. The van der Waals surface area contributed by atoms with E-state index in [1.165, 1.54) is 11.3 Å². The maximum atomic E-state index is 11.2. The van der Waals surface area contributed by atoms with Gasteiger partial charge in [-0.1, -0.05) is 18.2 Å². The standard InChI is InChI=1S/C16H13NO3S/c18-6-5-12(16(19)20)15-7-10(9-21-15)13-8-17-14-4-2-1-3-11(13)14/h1-4,6-9,12,17H,5H2,(H,19,20). The van der Waals surface area contributed by atoms with E-state index in [4.69, 9.17) is 0 Å². The molecule has 0 saturated heterocycles. The maximum absolute atomic E-state index is 11.2. The molecular formula is C16H13NO3S. The molecule has 5 heteroatoms. The van der Waals surface area contributed by atoms with Crippen LogP contribution in [0.3, 0.4) is 0 Å². The number of aldehydes is 1. The molecule has 1 unspecified atom stereocenters. The van der Waals surface area contributed by atoms with E-state index >= 15 is 0 Å². The Morgan fingerprint density at radius 1 is 1.38 bits per heavy atom. The highest BCUT2D eigenvalue weighted by Gasteiger charge is 2.21. The number of nitrogens with one attached hydrogen (secondary N) is 1. The fourth-order valence-electron chi connectivity index (χ4n) is 2.42. The van der Waals surface area contributed by atoms with Crippen molar-refractivity contribution in [2.75, 3.05) is 0 Å². The third-order valence-corrected chi connectivity index (χ3v) is 4.54. The van der Waals surface area contributed by atoms with Crippen molar-refractivity contribution in [1.82, 2.24) is 4.98 Å². The van der Waals surface area contributed by atoms with Gasteiger partial charge < -0.3 is 14.9 Å². The second kappa shape index (κ2) is 5.54. The molecule has 3 rings (SSSR count). The number of hydrogen-bond donors (Lipinski definition) is 2. The lowest BCUT2D eigenvalue weighted by atomic mass is 10.0. The summed E-state index contributed by atoms with van der Waals surface area (Å²) in [5, 5.41) is 12.2. The van der Waals surface area contributed by atoms with Gasteiger partial charge in [-0.25, -0.2) is 0 Å². The van der Waals surface area contributed by atoms with Crippen LogP contribution in [0.1, 0.15) is 17.2 Å². The number of thiophene rings is 1. The van der Waals surface area contributed by atoms with Gasteiger partial charge in [-0.3, -0.25) is 4.79 Å². The fourth-order valence-corrected chi connectivity index (χ4v) is 3.44. The number of carbonyl (C=O) groups is 2. The minimum absolute atomic E-state index is 0.00315. The van der Waals surface area contributed by atoms with Gasteiger partial charge >= 0.3 is 5.97 Å². The minimum Gasteiger partial charge on any atom is -0.481 e. The van der Waals surface area contributed by atoms with E-state index in [1.807, 2.05) is 41.9 Å². The van der Waals surface area contributed by atoms with Gasteiger partial charge in [-0.2, -0.15) is 0 Å². The average Bonchev–Trinajstić information content (AvgIpc) is 3.10. The fraction of sp³-hybridized carbons (Fsp3) is 0.125. The lowest BCUT2D eigenvalue weighted by Gasteiger charge is -2.05. The number of carboxylic acid groups (broad SMARTS) is 1. The number of hydrogen-bond acceptors (Lipinski definition) is 3. The highest BCUT2D eigenvalue weighted by Crippen LogP contribution is 2.35. The van der Waals surface area contributed by atoms with Gasteiger partial charge in [-0.05, 0) is 23.1 Å². The summed E-state index contributed by atoms with van der Waals surface area (Å²) in [6, 6.07) is 9.82.